The molecule has 2 fully saturated rings. The zero-order chi connectivity index (χ0) is 69.4. The zero-order valence-electron chi connectivity index (χ0n) is 60.8. The zero-order valence-corrected chi connectivity index (χ0v) is 60.8. The number of aliphatic hydroxyl groups excluding tert-OH is 8. The van der Waals surface area contributed by atoms with Crippen LogP contribution in [-0.4, -0.2) is 140 Å². The van der Waals surface area contributed by atoms with Gasteiger partial charge in [0.2, 0.25) is 5.91 Å². The number of unbranched alkanes of at least 4 members (excludes halogenated alkanes) is 36. The minimum Gasteiger partial charge on any atom is -0.394 e. The van der Waals surface area contributed by atoms with Crippen LogP contribution in [0.4, 0.5) is 0 Å². The summed E-state index contributed by atoms with van der Waals surface area (Å²) in [5.74, 6) is -0.205. The lowest BCUT2D eigenvalue weighted by atomic mass is 9.97. The summed E-state index contributed by atoms with van der Waals surface area (Å²) in [6, 6.07) is -0.834. The molecule has 0 aromatic heterocycles. The van der Waals surface area contributed by atoms with E-state index in [0.717, 1.165) is 103 Å². The molecular formula is C82H145NO13. The van der Waals surface area contributed by atoms with Gasteiger partial charge in [0.15, 0.2) is 12.6 Å². The summed E-state index contributed by atoms with van der Waals surface area (Å²) in [4.78, 5) is 13.4. The molecule has 0 radical (unpaired) electrons. The van der Waals surface area contributed by atoms with E-state index in [9.17, 15) is 45.6 Å². The smallest absolute Gasteiger partial charge is 0.220 e. The Morgan fingerprint density at radius 1 is 0.385 bits per heavy atom. The highest BCUT2D eigenvalue weighted by Crippen LogP contribution is 2.30. The summed E-state index contributed by atoms with van der Waals surface area (Å²) in [7, 11) is 0. The first kappa shape index (κ1) is 89.0. The predicted octanol–water partition coefficient (Wildman–Crippen LogP) is 17.7. The van der Waals surface area contributed by atoms with Gasteiger partial charge in [-0.05, 0) is 77.0 Å². The Bertz CT molecular complexity index is 1980. The standard InChI is InChI=1S/C82H145NO13/c1-3-5-7-9-11-13-15-17-19-21-23-25-26-27-28-29-30-31-32-33-34-35-36-37-38-39-40-41-42-43-44-46-48-50-52-54-56-58-60-62-64-66-74(87)83-70(71(86)65-63-61-59-57-55-53-51-49-47-45-24-22-20-18-16-14-12-10-8-6-4-2)69-93-81-79(92)77(90)80(73(68-85)95-81)96-82-78(91)76(89)75(88)72(67-84)94-82/h5,7,11,13,17,19,23,25,27-28,30-31,33-34,36-37,70-73,75-82,84-86,88-92H,3-4,6,8-10,12,14-16,18,20-22,24,26,29,32,35,38-69H2,1-2H3,(H,83,87)/b7-5-,13-11-,19-17-,25-23-,28-27-,31-30-,34-33-,37-36-. The lowest BCUT2D eigenvalue weighted by Crippen LogP contribution is -2.65. The van der Waals surface area contributed by atoms with Gasteiger partial charge < -0.3 is 65.1 Å². The highest BCUT2D eigenvalue weighted by Gasteiger charge is 2.51. The highest BCUT2D eigenvalue weighted by atomic mass is 16.7. The van der Waals surface area contributed by atoms with Gasteiger partial charge in [-0.25, -0.2) is 0 Å². The van der Waals surface area contributed by atoms with Crippen LogP contribution in [0.2, 0.25) is 0 Å². The third kappa shape index (κ3) is 47.9. The molecule has 2 aliphatic heterocycles. The first-order chi connectivity index (χ1) is 47.1. The van der Waals surface area contributed by atoms with Crippen LogP contribution in [-0.2, 0) is 23.7 Å². The Morgan fingerprint density at radius 2 is 0.719 bits per heavy atom. The summed E-state index contributed by atoms with van der Waals surface area (Å²) < 4.78 is 23.0. The second-order valence-electron chi connectivity index (χ2n) is 27.5. The molecule has 0 spiro atoms. The molecule has 0 aromatic carbocycles. The lowest BCUT2D eigenvalue weighted by Gasteiger charge is -2.46. The molecule has 14 heteroatoms. The third-order valence-corrected chi connectivity index (χ3v) is 18.8. The number of aliphatic hydroxyl groups is 8. The maximum atomic E-state index is 13.4. The number of carbonyl (C=O) groups excluding carboxylic acids is 1. The summed E-state index contributed by atoms with van der Waals surface area (Å²) >= 11 is 0. The molecule has 12 atom stereocenters. The van der Waals surface area contributed by atoms with E-state index in [1.165, 1.54) is 193 Å². The molecule has 2 aliphatic rings. The third-order valence-electron chi connectivity index (χ3n) is 18.8. The van der Waals surface area contributed by atoms with Gasteiger partial charge in [0.05, 0.1) is 32.0 Å². The molecule has 556 valence electrons. The van der Waals surface area contributed by atoms with Crippen molar-refractivity contribution in [3.05, 3.63) is 97.2 Å². The van der Waals surface area contributed by atoms with Crippen LogP contribution in [0.25, 0.3) is 0 Å². The Balaban J connectivity index is 1.58. The monoisotopic (exact) mass is 1350 g/mol. The van der Waals surface area contributed by atoms with Crippen molar-refractivity contribution < 1.29 is 64.6 Å². The summed E-state index contributed by atoms with van der Waals surface area (Å²) in [6.07, 6.45) is 75.8. The largest absolute Gasteiger partial charge is 0.394 e. The average Bonchev–Trinajstić information content (AvgIpc) is 0.807. The highest BCUT2D eigenvalue weighted by molar-refractivity contribution is 5.76. The first-order valence-electron chi connectivity index (χ1n) is 39.5. The van der Waals surface area contributed by atoms with Crippen molar-refractivity contribution in [2.75, 3.05) is 19.8 Å². The molecule has 0 aromatic rings. The molecule has 0 bridgehead atoms. The fraction of sp³-hybridized carbons (Fsp3) is 0.793. The average molecular weight is 1350 g/mol. The molecule has 2 rings (SSSR count). The van der Waals surface area contributed by atoms with Crippen molar-refractivity contribution in [1.82, 2.24) is 5.32 Å². The molecule has 1 amide bonds. The number of allylic oxidation sites excluding steroid dienone is 16. The van der Waals surface area contributed by atoms with E-state index < -0.39 is 86.8 Å². The number of amides is 1. The van der Waals surface area contributed by atoms with Crippen LogP contribution in [0, 0.1) is 0 Å². The van der Waals surface area contributed by atoms with Gasteiger partial charge in [-0.2, -0.15) is 0 Å². The van der Waals surface area contributed by atoms with Gasteiger partial charge in [-0.1, -0.05) is 336 Å². The molecule has 0 saturated carbocycles. The maximum Gasteiger partial charge on any atom is 0.220 e. The van der Waals surface area contributed by atoms with Gasteiger partial charge in [0, 0.05) is 6.42 Å². The summed E-state index contributed by atoms with van der Waals surface area (Å²) in [6.45, 7) is 2.79. The van der Waals surface area contributed by atoms with Crippen molar-refractivity contribution in [2.45, 2.75) is 396 Å². The quantitative estimate of drug-likeness (QED) is 0.0204. The van der Waals surface area contributed by atoms with Crippen molar-refractivity contribution in [3.8, 4) is 0 Å². The minimum atomic E-state index is -1.79. The Kier molecular flexibility index (Phi) is 60.5. The molecule has 12 unspecified atom stereocenters. The fourth-order valence-corrected chi connectivity index (χ4v) is 12.6. The second kappa shape index (κ2) is 65.2. The fourth-order valence-electron chi connectivity index (χ4n) is 12.6. The van der Waals surface area contributed by atoms with E-state index in [2.05, 4.69) is 116 Å². The van der Waals surface area contributed by atoms with E-state index in [4.69, 9.17) is 18.9 Å². The number of hydrogen-bond acceptors (Lipinski definition) is 13. The number of rotatable bonds is 65. The normalized spacial score (nSPS) is 22.8. The summed E-state index contributed by atoms with van der Waals surface area (Å²) in [5, 5.41) is 87.8. The van der Waals surface area contributed by atoms with Crippen LogP contribution in [0.3, 0.4) is 0 Å². The van der Waals surface area contributed by atoms with E-state index in [0.29, 0.717) is 12.8 Å². The van der Waals surface area contributed by atoms with E-state index >= 15 is 0 Å². The van der Waals surface area contributed by atoms with E-state index in [-0.39, 0.29) is 12.5 Å². The Labute approximate surface area is 585 Å². The Hall–Kier alpha value is -3.09. The summed E-state index contributed by atoms with van der Waals surface area (Å²) in [5.41, 5.74) is 0. The van der Waals surface area contributed by atoms with Crippen LogP contribution in [0.1, 0.15) is 322 Å². The van der Waals surface area contributed by atoms with Gasteiger partial charge in [0.25, 0.3) is 0 Å². The Morgan fingerprint density at radius 3 is 1.10 bits per heavy atom. The van der Waals surface area contributed by atoms with Crippen molar-refractivity contribution in [2.24, 2.45) is 0 Å². The van der Waals surface area contributed by atoms with Crippen molar-refractivity contribution in [1.29, 1.82) is 0 Å². The van der Waals surface area contributed by atoms with Gasteiger partial charge in [-0.3, -0.25) is 4.79 Å². The van der Waals surface area contributed by atoms with Crippen molar-refractivity contribution in [3.63, 3.8) is 0 Å². The predicted molar refractivity (Wildman–Crippen MR) is 396 cm³/mol. The number of nitrogens with one attached hydrogen (secondary N) is 1. The molecule has 0 aliphatic carbocycles. The number of hydrogen-bond donors (Lipinski definition) is 9. The molecule has 2 saturated heterocycles. The van der Waals surface area contributed by atoms with E-state index in [1.807, 2.05) is 0 Å². The number of carbonyl (C=O) groups is 1. The molecule has 14 nitrogen and oxygen atoms in total. The van der Waals surface area contributed by atoms with Gasteiger partial charge >= 0.3 is 0 Å². The topological polar surface area (TPSA) is 228 Å². The maximum absolute atomic E-state index is 13.4. The minimum absolute atomic E-state index is 0.205. The first-order valence-corrected chi connectivity index (χ1v) is 39.5. The lowest BCUT2D eigenvalue weighted by molar-refractivity contribution is -0.359. The van der Waals surface area contributed by atoms with Crippen molar-refractivity contribution >= 4 is 5.91 Å². The van der Waals surface area contributed by atoms with Crippen LogP contribution in [0.15, 0.2) is 97.2 Å². The molecule has 9 N–H and O–H groups in total. The number of ether oxygens (including phenoxy) is 4. The van der Waals surface area contributed by atoms with E-state index in [1.54, 1.807) is 0 Å². The molecular weight excluding hydrogens is 1210 g/mol. The van der Waals surface area contributed by atoms with Crippen LogP contribution in [0.5, 0.6) is 0 Å². The van der Waals surface area contributed by atoms with Gasteiger partial charge in [0.1, 0.15) is 48.8 Å². The van der Waals surface area contributed by atoms with Crippen LogP contribution >= 0.6 is 0 Å². The molecule has 2 heterocycles. The second-order valence-corrected chi connectivity index (χ2v) is 27.5. The van der Waals surface area contributed by atoms with Crippen LogP contribution < -0.4 is 5.32 Å². The molecule has 96 heavy (non-hydrogen) atoms. The SMILES string of the molecule is CC/C=C\C/C=C\C/C=C\C/C=C\C/C=C\C/C=C\C/C=C\C/C=C\CCCCCCCCCCCCCCCCCCC(=O)NC(COC1OC(CO)C(OC2OC(CO)C(O)C(O)C2O)C(O)C1O)C(O)CCCCCCCCCCCCCCCCCCCCCCC. The van der Waals surface area contributed by atoms with Gasteiger partial charge in [-0.15, -0.1) is 0 Å².